The highest BCUT2D eigenvalue weighted by Gasteiger charge is 2.33. The molecule has 4 nitrogen and oxygen atoms in total. The fourth-order valence-corrected chi connectivity index (χ4v) is 2.65. The molecule has 2 aliphatic carbocycles. The van der Waals surface area contributed by atoms with Crippen molar-refractivity contribution in [3.63, 3.8) is 0 Å². The minimum atomic E-state index is 0.100. The van der Waals surface area contributed by atoms with Gasteiger partial charge >= 0.3 is 0 Å². The minimum absolute atomic E-state index is 0.100. The maximum absolute atomic E-state index is 12.1. The zero-order chi connectivity index (χ0) is 14.7. The Morgan fingerprint density at radius 3 is 2.52 bits per heavy atom. The number of carbonyl (C=O) groups is 1. The first-order chi connectivity index (χ1) is 10.3. The third-order valence-corrected chi connectivity index (χ3v) is 4.30. The molecule has 1 amide bonds. The lowest BCUT2D eigenvalue weighted by Gasteiger charge is -2.19. The summed E-state index contributed by atoms with van der Waals surface area (Å²) < 4.78 is 5.19. The van der Waals surface area contributed by atoms with Crippen molar-refractivity contribution < 1.29 is 9.53 Å². The van der Waals surface area contributed by atoms with Crippen molar-refractivity contribution in [3.05, 3.63) is 29.8 Å². The van der Waals surface area contributed by atoms with Crippen molar-refractivity contribution in [2.75, 3.05) is 20.2 Å². The minimum Gasteiger partial charge on any atom is -0.497 e. The Balaban J connectivity index is 1.54. The van der Waals surface area contributed by atoms with Gasteiger partial charge in [0.05, 0.1) is 19.7 Å². The van der Waals surface area contributed by atoms with E-state index < -0.39 is 0 Å². The maximum atomic E-state index is 12.1. The van der Waals surface area contributed by atoms with Crippen LogP contribution in [0, 0.1) is 11.8 Å². The lowest BCUT2D eigenvalue weighted by molar-refractivity contribution is -0.121. The summed E-state index contributed by atoms with van der Waals surface area (Å²) in [6.07, 6.45) is 5.02. The summed E-state index contributed by atoms with van der Waals surface area (Å²) >= 11 is 0. The molecule has 114 valence electrons. The van der Waals surface area contributed by atoms with Gasteiger partial charge in [-0.05, 0) is 61.8 Å². The predicted molar refractivity (Wildman–Crippen MR) is 82.2 cm³/mol. The van der Waals surface area contributed by atoms with Gasteiger partial charge in [0.2, 0.25) is 5.91 Å². The molecular formula is C17H24N2O2. The molecule has 0 bridgehead atoms. The summed E-state index contributed by atoms with van der Waals surface area (Å²) in [5.74, 6) is 2.35. The average molecular weight is 288 g/mol. The maximum Gasteiger partial charge on any atom is 0.234 e. The van der Waals surface area contributed by atoms with E-state index in [0.29, 0.717) is 12.5 Å². The second-order valence-corrected chi connectivity index (χ2v) is 6.23. The Morgan fingerprint density at radius 2 is 1.95 bits per heavy atom. The molecule has 0 heterocycles. The number of hydrogen-bond acceptors (Lipinski definition) is 3. The van der Waals surface area contributed by atoms with Crippen molar-refractivity contribution in [2.24, 2.45) is 11.8 Å². The number of ether oxygens (including phenoxy) is 1. The van der Waals surface area contributed by atoms with E-state index in [2.05, 4.69) is 22.8 Å². The summed E-state index contributed by atoms with van der Waals surface area (Å²) in [4.78, 5) is 12.1. The predicted octanol–water partition coefficient (Wildman–Crippen LogP) is 2.26. The largest absolute Gasteiger partial charge is 0.497 e. The topological polar surface area (TPSA) is 50.4 Å². The first kappa shape index (κ1) is 14.4. The molecule has 0 aromatic heterocycles. The van der Waals surface area contributed by atoms with Gasteiger partial charge in [-0.2, -0.15) is 0 Å². The van der Waals surface area contributed by atoms with Crippen LogP contribution in [0.3, 0.4) is 0 Å². The van der Waals surface area contributed by atoms with Crippen molar-refractivity contribution >= 4 is 5.91 Å². The van der Waals surface area contributed by atoms with Gasteiger partial charge in [-0.3, -0.25) is 4.79 Å². The first-order valence-electron chi connectivity index (χ1n) is 7.90. The molecule has 0 saturated heterocycles. The van der Waals surface area contributed by atoms with Gasteiger partial charge in [-0.25, -0.2) is 0 Å². The molecule has 0 spiro atoms. The zero-order valence-corrected chi connectivity index (χ0v) is 12.6. The molecule has 21 heavy (non-hydrogen) atoms. The van der Waals surface area contributed by atoms with Crippen LogP contribution in [0.5, 0.6) is 5.75 Å². The van der Waals surface area contributed by atoms with Crippen LogP contribution in [-0.4, -0.2) is 26.1 Å². The normalized spacial score (nSPS) is 19.1. The molecule has 2 aliphatic rings. The summed E-state index contributed by atoms with van der Waals surface area (Å²) in [7, 11) is 1.67. The Morgan fingerprint density at radius 1 is 1.24 bits per heavy atom. The number of nitrogens with one attached hydrogen (secondary N) is 2. The number of carbonyl (C=O) groups excluding carboxylic acids is 1. The standard InChI is InChI=1S/C17H24N2O2/c1-21-15-8-6-14(7-9-15)17(13-4-5-13)19-16(20)11-18-10-12-2-3-12/h6-9,12-13,17-18H,2-5,10-11H2,1H3,(H,19,20). The fourth-order valence-electron chi connectivity index (χ4n) is 2.65. The van der Waals surface area contributed by atoms with Gasteiger partial charge in [0.15, 0.2) is 0 Å². The Hall–Kier alpha value is -1.55. The molecule has 1 atom stereocenters. The first-order valence-corrected chi connectivity index (χ1v) is 7.90. The van der Waals surface area contributed by atoms with Crippen LogP contribution in [0.4, 0.5) is 0 Å². The van der Waals surface area contributed by atoms with Gasteiger partial charge in [0.1, 0.15) is 5.75 Å². The van der Waals surface area contributed by atoms with E-state index in [1.165, 1.54) is 31.2 Å². The van der Waals surface area contributed by atoms with Gasteiger partial charge < -0.3 is 15.4 Å². The van der Waals surface area contributed by atoms with E-state index in [4.69, 9.17) is 4.74 Å². The van der Waals surface area contributed by atoms with Gasteiger partial charge in [-0.15, -0.1) is 0 Å². The van der Waals surface area contributed by atoms with E-state index >= 15 is 0 Å². The van der Waals surface area contributed by atoms with Crippen molar-refractivity contribution in [1.82, 2.24) is 10.6 Å². The van der Waals surface area contributed by atoms with Crippen LogP contribution < -0.4 is 15.4 Å². The summed E-state index contributed by atoms with van der Waals surface area (Å²) in [5, 5.41) is 6.43. The molecule has 0 aliphatic heterocycles. The highest BCUT2D eigenvalue weighted by Crippen LogP contribution is 2.41. The monoisotopic (exact) mass is 288 g/mol. The number of methoxy groups -OCH3 is 1. The van der Waals surface area contributed by atoms with E-state index in [1.807, 2.05) is 12.1 Å². The molecule has 0 radical (unpaired) electrons. The van der Waals surface area contributed by atoms with Crippen LogP contribution in [0.2, 0.25) is 0 Å². The van der Waals surface area contributed by atoms with Crippen LogP contribution >= 0.6 is 0 Å². The molecule has 3 rings (SSSR count). The zero-order valence-electron chi connectivity index (χ0n) is 12.6. The quantitative estimate of drug-likeness (QED) is 0.771. The fraction of sp³-hybridized carbons (Fsp3) is 0.588. The average Bonchev–Trinajstić information content (AvgIpc) is 3.38. The molecular weight excluding hydrogens is 264 g/mol. The Kier molecular flexibility index (Phi) is 4.44. The molecule has 1 aromatic rings. The van der Waals surface area contributed by atoms with Crippen LogP contribution in [0.25, 0.3) is 0 Å². The molecule has 2 saturated carbocycles. The molecule has 1 unspecified atom stereocenters. The van der Waals surface area contributed by atoms with Crippen LogP contribution in [0.15, 0.2) is 24.3 Å². The van der Waals surface area contributed by atoms with Crippen LogP contribution in [0.1, 0.15) is 37.3 Å². The van der Waals surface area contributed by atoms with Gasteiger partial charge in [0.25, 0.3) is 0 Å². The second-order valence-electron chi connectivity index (χ2n) is 6.23. The Bertz CT molecular complexity index is 478. The highest BCUT2D eigenvalue weighted by molar-refractivity contribution is 5.78. The van der Waals surface area contributed by atoms with E-state index in [1.54, 1.807) is 7.11 Å². The van der Waals surface area contributed by atoms with Crippen LogP contribution in [-0.2, 0) is 4.79 Å². The molecule has 2 N–H and O–H groups in total. The molecule has 1 aromatic carbocycles. The second kappa shape index (κ2) is 6.48. The van der Waals surface area contributed by atoms with E-state index in [-0.39, 0.29) is 11.9 Å². The lowest BCUT2D eigenvalue weighted by Crippen LogP contribution is -2.37. The number of amides is 1. The van der Waals surface area contributed by atoms with E-state index in [0.717, 1.165) is 18.2 Å². The third kappa shape index (κ3) is 4.21. The van der Waals surface area contributed by atoms with Crippen molar-refractivity contribution in [3.8, 4) is 5.75 Å². The van der Waals surface area contributed by atoms with Gasteiger partial charge in [0, 0.05) is 0 Å². The lowest BCUT2D eigenvalue weighted by atomic mass is 10.0. The third-order valence-electron chi connectivity index (χ3n) is 4.30. The number of hydrogen-bond donors (Lipinski definition) is 2. The highest BCUT2D eigenvalue weighted by atomic mass is 16.5. The number of rotatable bonds is 8. The summed E-state index contributed by atoms with van der Waals surface area (Å²) in [6.45, 7) is 1.40. The summed E-state index contributed by atoms with van der Waals surface area (Å²) in [5.41, 5.74) is 1.17. The van der Waals surface area contributed by atoms with Crippen molar-refractivity contribution in [1.29, 1.82) is 0 Å². The molecule has 2 fully saturated rings. The number of benzene rings is 1. The van der Waals surface area contributed by atoms with E-state index in [9.17, 15) is 4.79 Å². The SMILES string of the molecule is COc1ccc(C(NC(=O)CNCC2CC2)C2CC2)cc1. The summed E-state index contributed by atoms with van der Waals surface area (Å²) in [6, 6.07) is 8.18. The molecule has 4 heteroatoms. The smallest absolute Gasteiger partial charge is 0.234 e. The van der Waals surface area contributed by atoms with Gasteiger partial charge in [-0.1, -0.05) is 12.1 Å². The van der Waals surface area contributed by atoms with Crippen molar-refractivity contribution in [2.45, 2.75) is 31.7 Å². The Labute approximate surface area is 126 Å².